The number of primary amides is 1. The number of nitrogens with two attached hydrogens (primary N) is 3. The van der Waals surface area contributed by atoms with Crippen molar-refractivity contribution >= 4 is 29.6 Å². The number of nitrogens with one attached hydrogen (secondary N) is 3. The van der Waals surface area contributed by atoms with Gasteiger partial charge in [0.05, 0.1) is 12.5 Å². The summed E-state index contributed by atoms with van der Waals surface area (Å²) in [6.07, 6.45) is 1.47. The molecule has 0 radical (unpaired) electrons. The summed E-state index contributed by atoms with van der Waals surface area (Å²) in [6.45, 7) is 3.84. The van der Waals surface area contributed by atoms with Crippen LogP contribution in [0.2, 0.25) is 0 Å². The average Bonchev–Trinajstić information content (AvgIpc) is 2.86. The number of hydrogen-bond donors (Lipinski definition) is 8. The number of amides is 4. The molecule has 1 aromatic rings. The lowest BCUT2D eigenvalue weighted by Crippen LogP contribution is -2.58. The van der Waals surface area contributed by atoms with Gasteiger partial charge in [-0.15, -0.1) is 0 Å². The third-order valence-corrected chi connectivity index (χ3v) is 6.13. The van der Waals surface area contributed by atoms with Crippen LogP contribution >= 0.6 is 0 Å². The zero-order chi connectivity index (χ0) is 28.8. The van der Waals surface area contributed by atoms with Crippen LogP contribution in [0.4, 0.5) is 0 Å². The normalized spacial score (nSPS) is 14.8. The van der Waals surface area contributed by atoms with Crippen molar-refractivity contribution in [1.82, 2.24) is 16.0 Å². The number of benzene rings is 1. The number of carbonyl (C=O) groups excluding carboxylic acids is 4. The van der Waals surface area contributed by atoms with E-state index in [9.17, 15) is 34.2 Å². The van der Waals surface area contributed by atoms with Crippen LogP contribution in [0.15, 0.2) is 24.3 Å². The van der Waals surface area contributed by atoms with Crippen LogP contribution in [0.5, 0.6) is 5.75 Å². The van der Waals surface area contributed by atoms with Gasteiger partial charge < -0.3 is 43.4 Å². The summed E-state index contributed by atoms with van der Waals surface area (Å²) >= 11 is 0. The summed E-state index contributed by atoms with van der Waals surface area (Å²) in [5.74, 6) is -4.90. The Balaban J connectivity index is 3.13. The summed E-state index contributed by atoms with van der Waals surface area (Å²) in [5, 5.41) is 26.4. The highest BCUT2D eigenvalue weighted by molar-refractivity contribution is 5.96. The fourth-order valence-electron chi connectivity index (χ4n) is 3.62. The molecule has 5 unspecified atom stereocenters. The van der Waals surface area contributed by atoms with Gasteiger partial charge in [-0.25, -0.2) is 4.79 Å². The van der Waals surface area contributed by atoms with Gasteiger partial charge in [0.1, 0.15) is 23.9 Å². The molecule has 0 saturated heterocycles. The van der Waals surface area contributed by atoms with E-state index in [1.54, 1.807) is 26.0 Å². The molecule has 11 N–H and O–H groups in total. The van der Waals surface area contributed by atoms with Gasteiger partial charge in [0.25, 0.3) is 0 Å². The van der Waals surface area contributed by atoms with E-state index < -0.39 is 66.1 Å². The molecule has 0 aliphatic heterocycles. The molecule has 5 atom stereocenters. The molecule has 13 nitrogen and oxygen atoms in total. The molecule has 38 heavy (non-hydrogen) atoms. The summed E-state index contributed by atoms with van der Waals surface area (Å²) in [5.41, 5.74) is 17.3. The Kier molecular flexibility index (Phi) is 13.8. The third kappa shape index (κ3) is 11.1. The molecule has 0 fully saturated rings. The maximum Gasteiger partial charge on any atom is 0.326 e. The van der Waals surface area contributed by atoms with E-state index in [4.69, 9.17) is 17.2 Å². The van der Waals surface area contributed by atoms with E-state index in [-0.39, 0.29) is 12.2 Å². The number of carboxylic acids is 1. The van der Waals surface area contributed by atoms with E-state index in [1.807, 2.05) is 0 Å². The Labute approximate surface area is 221 Å². The minimum absolute atomic E-state index is 0.00759. The maximum atomic E-state index is 13.3. The van der Waals surface area contributed by atoms with Gasteiger partial charge in [-0.3, -0.25) is 19.2 Å². The Morgan fingerprint density at radius 3 is 2.03 bits per heavy atom. The molecule has 1 aromatic carbocycles. The second-order valence-corrected chi connectivity index (χ2v) is 9.26. The van der Waals surface area contributed by atoms with Crippen LogP contribution in [0.25, 0.3) is 0 Å². The lowest BCUT2D eigenvalue weighted by Gasteiger charge is -2.26. The number of aromatic hydroxyl groups is 1. The number of rotatable bonds is 17. The first kappa shape index (κ1) is 32.3. The number of phenolic OH excluding ortho intramolecular Hbond substituents is 1. The number of aliphatic carboxylic acids is 1. The van der Waals surface area contributed by atoms with Gasteiger partial charge in [-0.1, -0.05) is 38.8 Å². The minimum atomic E-state index is -1.48. The molecule has 13 heteroatoms. The lowest BCUT2D eigenvalue weighted by molar-refractivity contribution is -0.144. The minimum Gasteiger partial charge on any atom is -0.508 e. The SMILES string of the molecule is CCC(C)C(NC(=O)C(CC(N)=O)NC(=O)C(Cc1ccc(O)cc1)NC(=O)C(N)CCCCN)C(=O)O. The van der Waals surface area contributed by atoms with Gasteiger partial charge in [0.15, 0.2) is 0 Å². The standard InChI is InChI=1S/C25H40N6O7/c1-3-14(2)21(25(37)38)31-24(36)19(13-20(28)33)30-23(35)18(12-15-7-9-16(32)10-8-15)29-22(34)17(27)6-4-5-11-26/h7-10,14,17-19,21,32H,3-6,11-13,26-27H2,1-2H3,(H2,28,33)(H,29,34)(H,30,35)(H,31,36)(H,37,38). The third-order valence-electron chi connectivity index (χ3n) is 6.13. The van der Waals surface area contributed by atoms with Crippen molar-refractivity contribution in [2.75, 3.05) is 6.54 Å². The molecule has 0 heterocycles. The van der Waals surface area contributed by atoms with E-state index in [0.717, 1.165) is 0 Å². The summed E-state index contributed by atoms with van der Waals surface area (Å²) in [6, 6.07) is 1.08. The molecule has 0 aliphatic carbocycles. The van der Waals surface area contributed by atoms with Crippen LogP contribution in [-0.4, -0.2) is 70.5 Å². The van der Waals surface area contributed by atoms with E-state index in [1.165, 1.54) is 12.1 Å². The topological polar surface area (TPSA) is 240 Å². The highest BCUT2D eigenvalue weighted by Crippen LogP contribution is 2.13. The first-order chi connectivity index (χ1) is 17.9. The molecular weight excluding hydrogens is 496 g/mol. The monoisotopic (exact) mass is 536 g/mol. The van der Waals surface area contributed by atoms with Crippen LogP contribution in [0.3, 0.4) is 0 Å². The molecule has 0 spiro atoms. The first-order valence-electron chi connectivity index (χ1n) is 12.5. The molecule has 212 valence electrons. The number of carboxylic acid groups (broad SMARTS) is 1. The number of hydrogen-bond acceptors (Lipinski definition) is 8. The highest BCUT2D eigenvalue weighted by atomic mass is 16.4. The van der Waals surface area contributed by atoms with Crippen molar-refractivity contribution in [1.29, 1.82) is 0 Å². The zero-order valence-electron chi connectivity index (χ0n) is 21.8. The van der Waals surface area contributed by atoms with Gasteiger partial charge in [-0.2, -0.15) is 0 Å². The van der Waals surface area contributed by atoms with Gasteiger partial charge in [0.2, 0.25) is 23.6 Å². The fourth-order valence-corrected chi connectivity index (χ4v) is 3.62. The zero-order valence-corrected chi connectivity index (χ0v) is 21.8. The van der Waals surface area contributed by atoms with Gasteiger partial charge in [-0.05, 0) is 43.0 Å². The Hall–Kier alpha value is -3.71. The summed E-state index contributed by atoms with van der Waals surface area (Å²) in [7, 11) is 0. The number of unbranched alkanes of at least 4 members (excludes halogenated alkanes) is 1. The molecule has 0 aromatic heterocycles. The molecule has 0 saturated carbocycles. The maximum absolute atomic E-state index is 13.3. The molecule has 4 amide bonds. The van der Waals surface area contributed by atoms with Crippen LogP contribution in [0.1, 0.15) is 51.5 Å². The van der Waals surface area contributed by atoms with Crippen molar-refractivity contribution in [3.63, 3.8) is 0 Å². The quantitative estimate of drug-likeness (QED) is 0.112. The second-order valence-electron chi connectivity index (χ2n) is 9.26. The predicted octanol–water partition coefficient (Wildman–Crippen LogP) is -1.15. The largest absolute Gasteiger partial charge is 0.508 e. The van der Waals surface area contributed by atoms with Crippen molar-refractivity contribution in [3.8, 4) is 5.75 Å². The number of carbonyl (C=O) groups is 5. The molecule has 0 aliphatic rings. The highest BCUT2D eigenvalue weighted by Gasteiger charge is 2.32. The molecule has 0 bridgehead atoms. The van der Waals surface area contributed by atoms with Crippen LogP contribution in [-0.2, 0) is 30.4 Å². The van der Waals surface area contributed by atoms with Crippen LogP contribution in [0, 0.1) is 5.92 Å². The van der Waals surface area contributed by atoms with E-state index >= 15 is 0 Å². The smallest absolute Gasteiger partial charge is 0.326 e. The second kappa shape index (κ2) is 16.2. The van der Waals surface area contributed by atoms with Crippen molar-refractivity contribution < 1.29 is 34.2 Å². The predicted molar refractivity (Wildman–Crippen MR) is 139 cm³/mol. The van der Waals surface area contributed by atoms with Crippen molar-refractivity contribution in [3.05, 3.63) is 29.8 Å². The van der Waals surface area contributed by atoms with Gasteiger partial charge >= 0.3 is 5.97 Å². The van der Waals surface area contributed by atoms with Crippen LogP contribution < -0.4 is 33.2 Å². The molecular formula is C25H40N6O7. The van der Waals surface area contributed by atoms with Gasteiger partial charge in [0, 0.05) is 6.42 Å². The van der Waals surface area contributed by atoms with Crippen molar-refractivity contribution in [2.45, 2.75) is 76.5 Å². The molecule has 1 rings (SSSR count). The summed E-state index contributed by atoms with van der Waals surface area (Å²) in [4.78, 5) is 62.2. The van der Waals surface area contributed by atoms with E-state index in [0.29, 0.717) is 37.8 Å². The van der Waals surface area contributed by atoms with E-state index in [2.05, 4.69) is 16.0 Å². The Bertz CT molecular complexity index is 956. The Morgan fingerprint density at radius 2 is 1.50 bits per heavy atom. The summed E-state index contributed by atoms with van der Waals surface area (Å²) < 4.78 is 0. The first-order valence-corrected chi connectivity index (χ1v) is 12.5. The van der Waals surface area contributed by atoms with Crippen molar-refractivity contribution in [2.24, 2.45) is 23.1 Å². The Morgan fingerprint density at radius 1 is 0.921 bits per heavy atom. The lowest BCUT2D eigenvalue weighted by atomic mass is 9.98. The average molecular weight is 537 g/mol. The number of phenols is 1. The fraction of sp³-hybridized carbons (Fsp3) is 0.560.